The van der Waals surface area contributed by atoms with E-state index in [4.69, 9.17) is 15.9 Å². The lowest BCUT2D eigenvalue weighted by Gasteiger charge is -2.10. The van der Waals surface area contributed by atoms with Gasteiger partial charge < -0.3 is 21.1 Å². The highest BCUT2D eigenvalue weighted by atomic mass is 16.5. The standard InChI is InChI=1S/C15H18N4O2/c1-2-4-13(20)19-10-5-3-6-11(9-10)21-15(17)12-7-8-18-14(12)16/h3,5-9H,2,4,17H2,1H3,(H2,16,18)(H,19,20)/b15-12+. The first-order valence-corrected chi connectivity index (χ1v) is 6.69. The zero-order valence-electron chi connectivity index (χ0n) is 11.8. The van der Waals surface area contributed by atoms with Crippen LogP contribution >= 0.6 is 0 Å². The molecule has 1 aliphatic heterocycles. The molecule has 1 aliphatic rings. The number of amides is 1. The van der Waals surface area contributed by atoms with Crippen LogP contribution in [0.1, 0.15) is 19.8 Å². The van der Waals surface area contributed by atoms with Gasteiger partial charge in [-0.3, -0.25) is 10.2 Å². The molecule has 2 rings (SSSR count). The third kappa shape index (κ3) is 3.85. The number of hydrogen-bond acceptors (Lipinski definition) is 4. The molecule has 5 N–H and O–H groups in total. The fraction of sp³-hybridized carbons (Fsp3) is 0.200. The van der Waals surface area contributed by atoms with E-state index in [1.165, 1.54) is 0 Å². The van der Waals surface area contributed by atoms with Crippen molar-refractivity contribution in [3.8, 4) is 5.75 Å². The molecule has 0 spiro atoms. The summed E-state index contributed by atoms with van der Waals surface area (Å²) in [5.41, 5.74) is 6.99. The van der Waals surface area contributed by atoms with E-state index in [9.17, 15) is 4.79 Å². The monoisotopic (exact) mass is 286 g/mol. The maximum atomic E-state index is 11.6. The number of ether oxygens (including phenoxy) is 1. The molecule has 0 radical (unpaired) electrons. The van der Waals surface area contributed by atoms with Crippen molar-refractivity contribution in [3.05, 3.63) is 48.0 Å². The van der Waals surface area contributed by atoms with Crippen LogP contribution in [0.3, 0.4) is 0 Å². The molecule has 0 bridgehead atoms. The Morgan fingerprint density at radius 2 is 2.29 bits per heavy atom. The van der Waals surface area contributed by atoms with Crippen molar-refractivity contribution >= 4 is 17.4 Å². The van der Waals surface area contributed by atoms with Gasteiger partial charge in [0.25, 0.3) is 0 Å². The van der Waals surface area contributed by atoms with Crippen LogP contribution in [-0.2, 0) is 4.79 Å². The van der Waals surface area contributed by atoms with Crippen molar-refractivity contribution in [2.75, 3.05) is 5.32 Å². The van der Waals surface area contributed by atoms with Crippen LogP contribution in [0, 0.1) is 5.41 Å². The predicted octanol–water partition coefficient (Wildman–Crippen LogP) is 2.07. The Morgan fingerprint density at radius 3 is 2.95 bits per heavy atom. The van der Waals surface area contributed by atoms with Crippen molar-refractivity contribution in [3.63, 3.8) is 0 Å². The fourth-order valence-electron chi connectivity index (χ4n) is 1.84. The molecule has 1 aromatic rings. The number of carbonyl (C=O) groups excluding carboxylic acids is 1. The van der Waals surface area contributed by atoms with Gasteiger partial charge in [-0.05, 0) is 24.6 Å². The van der Waals surface area contributed by atoms with Gasteiger partial charge in [-0.25, -0.2) is 0 Å². The Kier molecular flexibility index (Phi) is 4.61. The van der Waals surface area contributed by atoms with Gasteiger partial charge in [0.2, 0.25) is 11.8 Å². The first kappa shape index (κ1) is 14.6. The molecule has 21 heavy (non-hydrogen) atoms. The fourth-order valence-corrected chi connectivity index (χ4v) is 1.84. The van der Waals surface area contributed by atoms with Gasteiger partial charge in [-0.2, -0.15) is 0 Å². The topological polar surface area (TPSA) is 100 Å². The molecule has 0 fully saturated rings. The molecule has 110 valence electrons. The number of nitrogens with two attached hydrogens (primary N) is 1. The lowest BCUT2D eigenvalue weighted by molar-refractivity contribution is -0.116. The first-order chi connectivity index (χ1) is 10.1. The average molecular weight is 286 g/mol. The SMILES string of the molecule is CCCC(=O)Nc1cccc(O/C(N)=C2\C=CNC2=N)c1. The quantitative estimate of drug-likeness (QED) is 0.622. The molecule has 1 heterocycles. The molecule has 0 saturated carbocycles. The lowest BCUT2D eigenvalue weighted by Crippen LogP contribution is -2.18. The molecule has 1 aromatic carbocycles. The molecular weight excluding hydrogens is 268 g/mol. The Bertz CT molecular complexity index is 620. The summed E-state index contributed by atoms with van der Waals surface area (Å²) in [6.45, 7) is 1.95. The highest BCUT2D eigenvalue weighted by molar-refractivity contribution is 6.01. The Balaban J connectivity index is 2.09. The van der Waals surface area contributed by atoms with Gasteiger partial charge in [0.05, 0.1) is 5.57 Å². The molecule has 0 aliphatic carbocycles. The highest BCUT2D eigenvalue weighted by Gasteiger charge is 2.13. The summed E-state index contributed by atoms with van der Waals surface area (Å²) in [5.74, 6) is 0.797. The second-order valence-electron chi connectivity index (χ2n) is 4.56. The van der Waals surface area contributed by atoms with Gasteiger partial charge >= 0.3 is 0 Å². The molecular formula is C15H18N4O2. The van der Waals surface area contributed by atoms with Crippen molar-refractivity contribution in [2.24, 2.45) is 5.73 Å². The maximum absolute atomic E-state index is 11.6. The van der Waals surface area contributed by atoms with E-state index >= 15 is 0 Å². The van der Waals surface area contributed by atoms with Gasteiger partial charge in [0, 0.05) is 24.4 Å². The molecule has 0 atom stereocenters. The number of rotatable bonds is 5. The van der Waals surface area contributed by atoms with Crippen molar-refractivity contribution in [2.45, 2.75) is 19.8 Å². The summed E-state index contributed by atoms with van der Waals surface area (Å²) in [4.78, 5) is 11.6. The minimum Gasteiger partial charge on any atom is -0.441 e. The predicted molar refractivity (Wildman–Crippen MR) is 81.8 cm³/mol. The average Bonchev–Trinajstić information content (AvgIpc) is 2.85. The van der Waals surface area contributed by atoms with E-state index in [-0.39, 0.29) is 17.6 Å². The second-order valence-corrected chi connectivity index (χ2v) is 4.56. The summed E-state index contributed by atoms with van der Waals surface area (Å²) in [6.07, 6.45) is 4.56. The van der Waals surface area contributed by atoms with Crippen LogP contribution in [0.2, 0.25) is 0 Å². The van der Waals surface area contributed by atoms with E-state index in [0.717, 1.165) is 6.42 Å². The van der Waals surface area contributed by atoms with Gasteiger partial charge in [-0.15, -0.1) is 0 Å². The van der Waals surface area contributed by atoms with Gasteiger partial charge in [0.15, 0.2) is 0 Å². The second kappa shape index (κ2) is 6.60. The number of amidine groups is 1. The minimum absolute atomic E-state index is 0.0364. The van der Waals surface area contributed by atoms with Crippen LogP contribution in [0.4, 0.5) is 5.69 Å². The summed E-state index contributed by atoms with van der Waals surface area (Å²) < 4.78 is 5.52. The Morgan fingerprint density at radius 1 is 1.48 bits per heavy atom. The summed E-state index contributed by atoms with van der Waals surface area (Å²) in [5, 5.41) is 13.1. The Labute approximate surface area is 123 Å². The number of anilines is 1. The largest absolute Gasteiger partial charge is 0.441 e. The van der Waals surface area contributed by atoms with Gasteiger partial charge in [0.1, 0.15) is 11.6 Å². The number of carbonyl (C=O) groups is 1. The van der Waals surface area contributed by atoms with E-state index in [1.54, 1.807) is 36.5 Å². The zero-order chi connectivity index (χ0) is 15.2. The Hall–Kier alpha value is -2.76. The number of hydrogen-bond donors (Lipinski definition) is 4. The zero-order valence-corrected chi connectivity index (χ0v) is 11.8. The van der Waals surface area contributed by atoms with Crippen LogP contribution in [-0.4, -0.2) is 11.7 Å². The molecule has 6 heteroatoms. The summed E-state index contributed by atoms with van der Waals surface area (Å²) in [6, 6.07) is 6.97. The molecule has 0 aromatic heterocycles. The van der Waals surface area contributed by atoms with E-state index in [1.807, 2.05) is 6.92 Å². The third-order valence-corrected chi connectivity index (χ3v) is 2.84. The first-order valence-electron chi connectivity index (χ1n) is 6.69. The highest BCUT2D eigenvalue weighted by Crippen LogP contribution is 2.20. The molecule has 0 unspecified atom stereocenters. The lowest BCUT2D eigenvalue weighted by atomic mass is 10.2. The smallest absolute Gasteiger partial charge is 0.224 e. The van der Waals surface area contributed by atoms with E-state index in [0.29, 0.717) is 23.4 Å². The van der Waals surface area contributed by atoms with Crippen molar-refractivity contribution in [1.82, 2.24) is 5.32 Å². The molecule has 6 nitrogen and oxygen atoms in total. The number of benzene rings is 1. The molecule has 1 amide bonds. The van der Waals surface area contributed by atoms with Crippen molar-refractivity contribution < 1.29 is 9.53 Å². The van der Waals surface area contributed by atoms with Crippen LogP contribution in [0.25, 0.3) is 0 Å². The van der Waals surface area contributed by atoms with Crippen LogP contribution in [0.15, 0.2) is 48.0 Å². The maximum Gasteiger partial charge on any atom is 0.224 e. The number of nitrogens with one attached hydrogen (secondary N) is 3. The summed E-state index contributed by atoms with van der Waals surface area (Å²) in [7, 11) is 0. The van der Waals surface area contributed by atoms with Crippen LogP contribution in [0.5, 0.6) is 5.75 Å². The third-order valence-electron chi connectivity index (χ3n) is 2.84. The van der Waals surface area contributed by atoms with Gasteiger partial charge in [-0.1, -0.05) is 13.0 Å². The minimum atomic E-state index is -0.0364. The van der Waals surface area contributed by atoms with Crippen LogP contribution < -0.4 is 21.1 Å². The summed E-state index contributed by atoms with van der Waals surface area (Å²) >= 11 is 0. The van der Waals surface area contributed by atoms with E-state index in [2.05, 4.69) is 10.6 Å². The van der Waals surface area contributed by atoms with E-state index < -0.39 is 0 Å². The van der Waals surface area contributed by atoms with Crippen molar-refractivity contribution in [1.29, 1.82) is 5.41 Å². The molecule has 0 saturated heterocycles. The normalized spacial score (nSPS) is 15.6.